The van der Waals surface area contributed by atoms with Crippen molar-refractivity contribution in [3.05, 3.63) is 11.1 Å². The highest BCUT2D eigenvalue weighted by Crippen LogP contribution is 2.26. The molecule has 3 rings (SSSR count). The molecule has 0 N–H and O–H groups in total. The van der Waals surface area contributed by atoms with E-state index in [9.17, 15) is 0 Å². The van der Waals surface area contributed by atoms with Crippen LogP contribution in [0.4, 0.5) is 0 Å². The molecule has 0 saturated carbocycles. The van der Waals surface area contributed by atoms with Crippen molar-refractivity contribution in [1.29, 1.82) is 0 Å². The van der Waals surface area contributed by atoms with Crippen LogP contribution >= 0.6 is 0 Å². The molecule has 0 aromatic heterocycles. The fourth-order valence-corrected chi connectivity index (χ4v) is 4.75. The first-order valence-electron chi connectivity index (χ1n) is 9.00. The molecule has 0 radical (unpaired) electrons. The molecule has 110 valence electrons. The van der Waals surface area contributed by atoms with Gasteiger partial charge in [-0.2, -0.15) is 0 Å². The van der Waals surface area contributed by atoms with Crippen LogP contribution in [0.5, 0.6) is 0 Å². The third-order valence-electron chi connectivity index (χ3n) is 6.88. The first kappa shape index (κ1) is 17.5. The van der Waals surface area contributed by atoms with Gasteiger partial charge in [-0.05, 0) is 46.5 Å². The molecule has 0 spiro atoms. The van der Waals surface area contributed by atoms with Gasteiger partial charge in [0, 0.05) is 0 Å². The van der Waals surface area contributed by atoms with Crippen LogP contribution in [-0.4, -0.2) is 62.8 Å². The van der Waals surface area contributed by atoms with Gasteiger partial charge in [-0.15, -0.1) is 21.9 Å². The van der Waals surface area contributed by atoms with Crippen molar-refractivity contribution in [3.63, 3.8) is 0 Å². The predicted octanol–water partition coefficient (Wildman–Crippen LogP) is -9.32. The number of hydrogen-bond donors (Lipinski definition) is 0. The third-order valence-corrected chi connectivity index (χ3v) is 6.88. The molecular weight excluding hydrogens is 279 g/mol. The van der Waals surface area contributed by atoms with Gasteiger partial charge in [-0.3, -0.25) is 0 Å². The van der Waals surface area contributed by atoms with Crippen molar-refractivity contribution in [3.8, 4) is 0 Å². The van der Waals surface area contributed by atoms with Crippen LogP contribution in [0.2, 0.25) is 0 Å². The molecule has 0 fully saturated rings. The van der Waals surface area contributed by atoms with Gasteiger partial charge in [0.05, 0.1) is 0 Å². The van der Waals surface area contributed by atoms with E-state index in [1.807, 2.05) is 0 Å². The summed E-state index contributed by atoms with van der Waals surface area (Å²) < 4.78 is 0. The summed E-state index contributed by atoms with van der Waals surface area (Å²) in [7, 11) is 18.3. The second-order valence-electron chi connectivity index (χ2n) is 7.75. The van der Waals surface area contributed by atoms with E-state index in [1.54, 1.807) is 0 Å². The van der Waals surface area contributed by atoms with Crippen molar-refractivity contribution in [1.82, 2.24) is 0 Å². The molecule has 8 heteroatoms. The fraction of sp³-hybridized carbons (Fsp3) is 0.125. The normalized spacial score (nSPS) is 11.4. The number of rotatable bonds is 0. The summed E-state index contributed by atoms with van der Waals surface area (Å²) in [5, 5.41) is 5.91. The molecule has 0 saturated heterocycles. The predicted molar refractivity (Wildman–Crippen MR) is 136 cm³/mol. The average Bonchev–Trinajstić information content (AvgIpc) is 2.55. The van der Waals surface area contributed by atoms with Gasteiger partial charge in [0.2, 0.25) is 0 Å². The Morgan fingerprint density at radius 3 is 0.667 bits per heavy atom. The molecule has 0 unspecified atom stereocenters. The first-order chi connectivity index (χ1) is 11.1. The monoisotopic (exact) mass is 302 g/mol. The zero-order valence-electron chi connectivity index (χ0n) is 17.0. The van der Waals surface area contributed by atoms with Crippen LogP contribution < -0.4 is 43.7 Å². The molecule has 0 nitrogen and oxygen atoms in total. The maximum atomic E-state index is 2.33. The van der Waals surface area contributed by atoms with Gasteiger partial charge in [-0.25, -0.2) is 0 Å². The molecule has 0 aliphatic rings. The van der Waals surface area contributed by atoms with Crippen molar-refractivity contribution in [2.45, 2.75) is 13.8 Å². The highest BCUT2D eigenvalue weighted by Gasteiger charge is 2.19. The van der Waals surface area contributed by atoms with Gasteiger partial charge in [0.25, 0.3) is 0 Å². The summed E-state index contributed by atoms with van der Waals surface area (Å²) in [6.45, 7) is 4.65. The van der Waals surface area contributed by atoms with Crippen LogP contribution in [0.1, 0.15) is 11.1 Å². The zero-order chi connectivity index (χ0) is 18.1. The van der Waals surface area contributed by atoms with Gasteiger partial charge < -0.3 is 0 Å². The standard InChI is InChI=1S/C16H22B8/c1-3-5-7(11(19)15(23)13(21)9(5)17)4(2)8-6(3)10(18)14(22)16(24)12(8)20/h17-24H2,1-2H3. The summed E-state index contributed by atoms with van der Waals surface area (Å²) in [5.74, 6) is 0. The largest absolute Gasteiger partial charge is 0.139 e. The van der Waals surface area contributed by atoms with Crippen LogP contribution in [0, 0.1) is 13.8 Å². The lowest BCUT2D eigenvalue weighted by molar-refractivity contribution is 1.56. The van der Waals surface area contributed by atoms with Gasteiger partial charge in [0.15, 0.2) is 0 Å². The lowest BCUT2D eigenvalue weighted by Gasteiger charge is -2.25. The Morgan fingerprint density at radius 2 is 0.500 bits per heavy atom. The second-order valence-corrected chi connectivity index (χ2v) is 7.75. The van der Waals surface area contributed by atoms with Crippen molar-refractivity contribution in [2.75, 3.05) is 0 Å². The van der Waals surface area contributed by atoms with Crippen molar-refractivity contribution in [2.24, 2.45) is 0 Å². The quantitative estimate of drug-likeness (QED) is 0.286. The summed E-state index contributed by atoms with van der Waals surface area (Å²) in [4.78, 5) is 0. The molecule has 3 aromatic rings. The van der Waals surface area contributed by atoms with Crippen molar-refractivity contribution < 1.29 is 0 Å². The molecule has 0 amide bonds. The fourth-order valence-electron chi connectivity index (χ4n) is 4.75. The highest BCUT2D eigenvalue weighted by atomic mass is 14.2. The Bertz CT molecular complexity index is 888. The topological polar surface area (TPSA) is 0 Å². The minimum absolute atomic E-state index is 1.44. The van der Waals surface area contributed by atoms with E-state index in [-0.39, 0.29) is 0 Å². The number of benzene rings is 3. The summed E-state index contributed by atoms with van der Waals surface area (Å²) in [6, 6.07) is 0. The Kier molecular flexibility index (Phi) is 4.10. The lowest BCUT2D eigenvalue weighted by atomic mass is 9.60. The molecule has 3 aromatic carbocycles. The average molecular weight is 301 g/mol. The van der Waals surface area contributed by atoms with E-state index in [0.29, 0.717) is 0 Å². The van der Waals surface area contributed by atoms with Gasteiger partial charge in [0.1, 0.15) is 62.8 Å². The molecular formula is C16H22B8. The van der Waals surface area contributed by atoms with Crippen LogP contribution in [0.3, 0.4) is 0 Å². The summed E-state index contributed by atoms with van der Waals surface area (Å²) >= 11 is 0. The molecule has 0 aliphatic heterocycles. The van der Waals surface area contributed by atoms with Crippen LogP contribution in [-0.2, 0) is 0 Å². The van der Waals surface area contributed by atoms with E-state index < -0.39 is 0 Å². The van der Waals surface area contributed by atoms with E-state index >= 15 is 0 Å². The molecule has 0 bridgehead atoms. The minimum Gasteiger partial charge on any atom is -0.101 e. The van der Waals surface area contributed by atoms with E-state index in [4.69, 9.17) is 0 Å². The van der Waals surface area contributed by atoms with Crippen LogP contribution in [0.15, 0.2) is 0 Å². The maximum Gasteiger partial charge on any atom is 0.139 e. The van der Waals surface area contributed by atoms with Crippen molar-refractivity contribution >= 4 is 128 Å². The van der Waals surface area contributed by atoms with Crippen LogP contribution in [0.25, 0.3) is 21.5 Å². The molecule has 0 heterocycles. The van der Waals surface area contributed by atoms with E-state index in [0.717, 1.165) is 0 Å². The minimum atomic E-state index is 1.44. The summed E-state index contributed by atoms with van der Waals surface area (Å²) in [6.07, 6.45) is 0. The molecule has 0 aliphatic carbocycles. The second kappa shape index (κ2) is 5.61. The van der Waals surface area contributed by atoms with Gasteiger partial charge >= 0.3 is 0 Å². The van der Waals surface area contributed by atoms with E-state index in [1.165, 1.54) is 76.4 Å². The number of aryl methyl sites for hydroxylation is 2. The zero-order valence-corrected chi connectivity index (χ0v) is 17.0. The SMILES string of the molecule is Bc1c(B)c(B)c2c(C)c3c(B)c(B)c(B)c(B)c3c(C)c2c1B. The lowest BCUT2D eigenvalue weighted by Crippen LogP contribution is -2.50. The maximum absolute atomic E-state index is 2.33. The highest BCUT2D eigenvalue weighted by molar-refractivity contribution is 6.69. The first-order valence-corrected chi connectivity index (χ1v) is 9.00. The third kappa shape index (κ3) is 2.04. The molecule has 24 heavy (non-hydrogen) atoms. The summed E-state index contributed by atoms with van der Waals surface area (Å²) in [5.41, 5.74) is 14.5. The Morgan fingerprint density at radius 1 is 0.333 bits per heavy atom. The van der Waals surface area contributed by atoms with E-state index in [2.05, 4.69) is 76.6 Å². The van der Waals surface area contributed by atoms with Gasteiger partial charge in [-0.1, -0.05) is 21.9 Å². The smallest absolute Gasteiger partial charge is 0.101 e. The number of hydrogen-bond acceptors (Lipinski definition) is 0. The molecule has 0 atom stereocenters. The Balaban J connectivity index is 2.82. The Labute approximate surface area is 153 Å². The Hall–Kier alpha value is -1.30. The number of fused-ring (bicyclic) bond motifs is 2.